The van der Waals surface area contributed by atoms with Crippen LogP contribution < -0.4 is 4.74 Å². The lowest BCUT2D eigenvalue weighted by Gasteiger charge is -2.04. The van der Waals surface area contributed by atoms with Crippen molar-refractivity contribution in [3.8, 4) is 11.5 Å². The summed E-state index contributed by atoms with van der Waals surface area (Å²) in [5.41, 5.74) is 0. The summed E-state index contributed by atoms with van der Waals surface area (Å²) in [5, 5.41) is 9.04. The van der Waals surface area contributed by atoms with Crippen LogP contribution in [0.3, 0.4) is 0 Å². The Morgan fingerprint density at radius 2 is 2.17 bits per heavy atom. The summed E-state index contributed by atoms with van der Waals surface area (Å²) < 4.78 is 28.8. The second kappa shape index (κ2) is 3.71. The fourth-order valence-corrected chi connectivity index (χ4v) is 1.00. The number of hydrogen-bond donors (Lipinski definition) is 1. The highest BCUT2D eigenvalue weighted by Gasteiger charge is 2.07. The highest BCUT2D eigenvalue weighted by Crippen LogP contribution is 2.30. The lowest BCUT2D eigenvalue weighted by Crippen LogP contribution is -1.93. The zero-order chi connectivity index (χ0) is 9.14. The molecule has 1 aromatic carbocycles. The largest absolute Gasteiger partial charge is 0.507 e. The fourth-order valence-electron chi connectivity index (χ4n) is 0.688. The predicted molar refractivity (Wildman–Crippen MR) is 42.4 cm³/mol. The summed E-state index contributed by atoms with van der Waals surface area (Å²) in [7, 11) is 0. The van der Waals surface area contributed by atoms with Crippen LogP contribution in [-0.4, -0.2) is 12.0 Å². The molecule has 0 bridgehead atoms. The number of hydrogen-bond acceptors (Lipinski definition) is 2. The molecule has 0 aliphatic carbocycles. The van der Waals surface area contributed by atoms with Crippen molar-refractivity contribution in [1.82, 2.24) is 0 Å². The zero-order valence-electron chi connectivity index (χ0n) is 5.85. The van der Waals surface area contributed by atoms with E-state index < -0.39 is 12.7 Å². The van der Waals surface area contributed by atoms with Crippen molar-refractivity contribution in [2.24, 2.45) is 0 Å². The Hall–Kier alpha value is -0.840. The molecule has 0 aliphatic rings. The van der Waals surface area contributed by atoms with Crippen molar-refractivity contribution in [3.05, 3.63) is 22.4 Å². The minimum absolute atomic E-state index is 0.195. The van der Waals surface area contributed by atoms with Crippen LogP contribution >= 0.6 is 15.9 Å². The first-order valence-corrected chi connectivity index (χ1v) is 3.81. The lowest BCUT2D eigenvalue weighted by molar-refractivity contribution is 0.183. The standard InChI is InChI=1S/C7H5BrF2O2/c8-4-1-5(10)7(12-3-9)2-6(4)11/h1-2,11H,3H2. The second-order valence-corrected chi connectivity index (χ2v) is 2.84. The predicted octanol–water partition coefficient (Wildman–Crippen LogP) is 2.60. The third kappa shape index (κ3) is 1.85. The lowest BCUT2D eigenvalue weighted by atomic mass is 10.3. The first-order valence-electron chi connectivity index (χ1n) is 3.02. The number of ether oxygens (including phenoxy) is 1. The molecule has 1 N–H and O–H groups in total. The van der Waals surface area contributed by atoms with Crippen molar-refractivity contribution in [2.45, 2.75) is 0 Å². The van der Waals surface area contributed by atoms with E-state index in [-0.39, 0.29) is 16.0 Å². The molecule has 0 saturated carbocycles. The van der Waals surface area contributed by atoms with Crippen molar-refractivity contribution in [1.29, 1.82) is 0 Å². The van der Waals surface area contributed by atoms with Gasteiger partial charge >= 0.3 is 0 Å². The Labute approximate surface area is 75.9 Å². The van der Waals surface area contributed by atoms with Crippen LogP contribution in [0, 0.1) is 5.82 Å². The van der Waals surface area contributed by atoms with Crippen molar-refractivity contribution >= 4 is 15.9 Å². The van der Waals surface area contributed by atoms with Gasteiger partial charge in [-0.25, -0.2) is 8.78 Å². The van der Waals surface area contributed by atoms with Gasteiger partial charge in [-0.3, -0.25) is 0 Å². The summed E-state index contributed by atoms with van der Waals surface area (Å²) in [6.07, 6.45) is 0. The maximum Gasteiger partial charge on any atom is 0.228 e. The molecule has 0 aliphatic heterocycles. The second-order valence-electron chi connectivity index (χ2n) is 1.99. The summed E-state index contributed by atoms with van der Waals surface area (Å²) in [6.45, 7) is -1.13. The van der Waals surface area contributed by atoms with Crippen LogP contribution in [0.15, 0.2) is 16.6 Å². The average Bonchev–Trinajstić information content (AvgIpc) is 2.01. The fraction of sp³-hybridized carbons (Fsp3) is 0.143. The Morgan fingerprint density at radius 3 is 2.75 bits per heavy atom. The van der Waals surface area contributed by atoms with Gasteiger partial charge in [-0.15, -0.1) is 0 Å². The van der Waals surface area contributed by atoms with Gasteiger partial charge in [0.05, 0.1) is 4.47 Å². The minimum atomic E-state index is -1.13. The molecule has 66 valence electrons. The summed E-state index contributed by atoms with van der Waals surface area (Å²) in [5.74, 6) is -1.23. The van der Waals surface area contributed by atoms with Crippen LogP contribution in [0.1, 0.15) is 0 Å². The Kier molecular flexibility index (Phi) is 2.86. The molecule has 2 nitrogen and oxygen atoms in total. The monoisotopic (exact) mass is 238 g/mol. The van der Waals surface area contributed by atoms with E-state index >= 15 is 0 Å². The van der Waals surface area contributed by atoms with E-state index in [0.717, 1.165) is 12.1 Å². The number of aromatic hydroxyl groups is 1. The first-order chi connectivity index (χ1) is 5.65. The smallest absolute Gasteiger partial charge is 0.228 e. The molecular formula is C7H5BrF2O2. The van der Waals surface area contributed by atoms with Gasteiger partial charge in [0.2, 0.25) is 6.86 Å². The third-order valence-electron chi connectivity index (χ3n) is 1.21. The molecule has 0 spiro atoms. The molecule has 1 rings (SSSR count). The molecule has 0 saturated heterocycles. The minimum Gasteiger partial charge on any atom is -0.507 e. The summed E-state index contributed by atoms with van der Waals surface area (Å²) in [6, 6.07) is 2.00. The average molecular weight is 239 g/mol. The van der Waals surface area contributed by atoms with Crippen LogP contribution in [0.4, 0.5) is 8.78 Å². The van der Waals surface area contributed by atoms with Crippen LogP contribution in [-0.2, 0) is 0 Å². The normalized spacial score (nSPS) is 9.92. The van der Waals surface area contributed by atoms with E-state index in [0.29, 0.717) is 0 Å². The van der Waals surface area contributed by atoms with E-state index in [2.05, 4.69) is 20.7 Å². The first kappa shape index (κ1) is 9.25. The van der Waals surface area contributed by atoms with Gasteiger partial charge in [0.25, 0.3) is 0 Å². The molecule has 0 amide bonds. The van der Waals surface area contributed by atoms with Crippen LogP contribution in [0.5, 0.6) is 11.5 Å². The maximum absolute atomic E-state index is 12.8. The maximum atomic E-state index is 12.8. The van der Waals surface area contributed by atoms with Crippen LogP contribution in [0.25, 0.3) is 0 Å². The molecule has 0 unspecified atom stereocenters. The van der Waals surface area contributed by atoms with Gasteiger partial charge in [-0.1, -0.05) is 0 Å². The Morgan fingerprint density at radius 1 is 1.50 bits per heavy atom. The van der Waals surface area contributed by atoms with Gasteiger partial charge in [-0.2, -0.15) is 0 Å². The number of phenols is 1. The SMILES string of the molecule is Oc1cc(OCF)c(F)cc1Br. The molecule has 0 aromatic heterocycles. The van der Waals surface area contributed by atoms with Crippen molar-refractivity contribution < 1.29 is 18.6 Å². The molecular weight excluding hydrogens is 234 g/mol. The highest BCUT2D eigenvalue weighted by molar-refractivity contribution is 9.10. The number of rotatable bonds is 2. The van der Waals surface area contributed by atoms with Crippen molar-refractivity contribution in [3.63, 3.8) is 0 Å². The number of alkyl halides is 1. The molecule has 1 aromatic rings. The molecule has 5 heteroatoms. The van der Waals surface area contributed by atoms with E-state index in [4.69, 9.17) is 5.11 Å². The summed E-state index contributed by atoms with van der Waals surface area (Å²) >= 11 is 2.89. The van der Waals surface area contributed by atoms with Gasteiger partial charge in [-0.05, 0) is 22.0 Å². The van der Waals surface area contributed by atoms with E-state index in [1.54, 1.807) is 0 Å². The van der Waals surface area contributed by atoms with Gasteiger partial charge in [0, 0.05) is 6.07 Å². The number of benzene rings is 1. The molecule has 0 atom stereocenters. The van der Waals surface area contributed by atoms with Crippen LogP contribution in [0.2, 0.25) is 0 Å². The quantitative estimate of drug-likeness (QED) is 0.859. The Bertz CT molecular complexity index is 291. The van der Waals surface area contributed by atoms with E-state index in [1.807, 2.05) is 0 Å². The highest BCUT2D eigenvalue weighted by atomic mass is 79.9. The topological polar surface area (TPSA) is 29.5 Å². The molecule has 0 heterocycles. The van der Waals surface area contributed by atoms with Gasteiger partial charge in [0.15, 0.2) is 11.6 Å². The number of phenolic OH excluding ortho intramolecular Hbond substituents is 1. The van der Waals surface area contributed by atoms with E-state index in [9.17, 15) is 8.78 Å². The van der Waals surface area contributed by atoms with E-state index in [1.165, 1.54) is 0 Å². The number of halogens is 3. The zero-order valence-corrected chi connectivity index (χ0v) is 7.44. The van der Waals surface area contributed by atoms with Crippen molar-refractivity contribution in [2.75, 3.05) is 6.86 Å². The summed E-state index contributed by atoms with van der Waals surface area (Å²) in [4.78, 5) is 0. The Balaban J connectivity index is 3.05. The molecule has 12 heavy (non-hydrogen) atoms. The third-order valence-corrected chi connectivity index (χ3v) is 1.85. The molecule has 0 fully saturated rings. The molecule has 0 radical (unpaired) electrons. The van der Waals surface area contributed by atoms with Gasteiger partial charge in [0.1, 0.15) is 5.75 Å². The van der Waals surface area contributed by atoms with Gasteiger partial charge < -0.3 is 9.84 Å².